The molecule has 1 unspecified atom stereocenters. The molecule has 0 saturated carbocycles. The van der Waals surface area contributed by atoms with E-state index in [4.69, 9.17) is 5.26 Å². The molecule has 0 N–H and O–H groups in total. The Morgan fingerprint density at radius 3 is 3.00 bits per heavy atom. The molecule has 1 aromatic heterocycles. The molecule has 2 heterocycles. The summed E-state index contributed by atoms with van der Waals surface area (Å²) in [5.74, 6) is 0. The molecule has 1 atom stereocenters. The summed E-state index contributed by atoms with van der Waals surface area (Å²) in [5.41, 5.74) is -0.183. The third-order valence-electron chi connectivity index (χ3n) is 2.97. The maximum absolute atomic E-state index is 9.14. The molecule has 1 aromatic rings. The number of nitrogens with zero attached hydrogens (tertiary/aromatic N) is 4. The first-order valence-electron chi connectivity index (χ1n) is 5.54. The van der Waals surface area contributed by atoms with Crippen molar-refractivity contribution in [3.05, 3.63) is 10.0 Å². The standard InChI is InChI=1S/C11H16N4S/c1-9-13-14-10(16-9)6-15-5-3-4-11(2,7-12)8-15/h3-6,8H2,1-2H3. The molecule has 1 saturated heterocycles. The Bertz CT molecular complexity index is 408. The number of hydrogen-bond acceptors (Lipinski definition) is 5. The zero-order valence-electron chi connectivity index (χ0n) is 9.73. The number of nitriles is 1. The third kappa shape index (κ3) is 2.57. The number of piperidine rings is 1. The molecule has 1 aliphatic rings. The van der Waals surface area contributed by atoms with Crippen LogP contribution in [0.25, 0.3) is 0 Å². The first-order chi connectivity index (χ1) is 7.61. The molecule has 1 aliphatic heterocycles. The topological polar surface area (TPSA) is 52.8 Å². The largest absolute Gasteiger partial charge is 0.295 e. The fourth-order valence-corrected chi connectivity index (χ4v) is 2.91. The molecule has 2 rings (SSSR count). The average Bonchev–Trinajstić information content (AvgIpc) is 2.64. The van der Waals surface area contributed by atoms with Crippen molar-refractivity contribution in [2.75, 3.05) is 13.1 Å². The Morgan fingerprint density at radius 1 is 1.56 bits per heavy atom. The van der Waals surface area contributed by atoms with Gasteiger partial charge in [-0.2, -0.15) is 5.26 Å². The number of likely N-dealkylation sites (tertiary alicyclic amines) is 1. The highest BCUT2D eigenvalue weighted by Crippen LogP contribution is 2.29. The van der Waals surface area contributed by atoms with Crippen molar-refractivity contribution in [2.45, 2.75) is 33.2 Å². The van der Waals surface area contributed by atoms with Crippen molar-refractivity contribution in [2.24, 2.45) is 5.41 Å². The molecule has 0 amide bonds. The number of aryl methyl sites for hydroxylation is 1. The fraction of sp³-hybridized carbons (Fsp3) is 0.727. The first kappa shape index (κ1) is 11.5. The third-order valence-corrected chi connectivity index (χ3v) is 3.80. The molecule has 5 heteroatoms. The predicted molar refractivity (Wildman–Crippen MR) is 62.9 cm³/mol. The molecule has 0 aromatic carbocycles. The number of hydrogen-bond donors (Lipinski definition) is 0. The van der Waals surface area contributed by atoms with Crippen LogP contribution in [0.15, 0.2) is 0 Å². The van der Waals surface area contributed by atoms with E-state index < -0.39 is 0 Å². The van der Waals surface area contributed by atoms with E-state index in [9.17, 15) is 0 Å². The van der Waals surface area contributed by atoms with E-state index in [2.05, 4.69) is 21.2 Å². The molecule has 1 fully saturated rings. The summed E-state index contributed by atoms with van der Waals surface area (Å²) in [6.45, 7) is 6.77. The molecule has 16 heavy (non-hydrogen) atoms. The molecule has 0 radical (unpaired) electrons. The van der Waals surface area contributed by atoms with E-state index in [-0.39, 0.29) is 5.41 Å². The van der Waals surface area contributed by atoms with Gasteiger partial charge in [0.2, 0.25) is 0 Å². The van der Waals surface area contributed by atoms with Crippen molar-refractivity contribution in [3.63, 3.8) is 0 Å². The predicted octanol–water partition coefficient (Wildman–Crippen LogP) is 1.97. The summed E-state index contributed by atoms with van der Waals surface area (Å²) < 4.78 is 0. The van der Waals surface area contributed by atoms with E-state index in [1.165, 1.54) is 0 Å². The molecule has 0 bridgehead atoms. The van der Waals surface area contributed by atoms with Crippen LogP contribution in [0.4, 0.5) is 0 Å². The van der Waals surface area contributed by atoms with E-state index in [0.717, 1.165) is 42.5 Å². The second-order valence-electron chi connectivity index (χ2n) is 4.70. The monoisotopic (exact) mass is 236 g/mol. The van der Waals surface area contributed by atoms with E-state index in [0.29, 0.717) is 0 Å². The highest BCUT2D eigenvalue weighted by Gasteiger charge is 2.31. The Hall–Kier alpha value is -0.990. The number of aromatic nitrogens is 2. The van der Waals surface area contributed by atoms with Crippen LogP contribution in [-0.2, 0) is 6.54 Å². The fourth-order valence-electron chi connectivity index (χ4n) is 2.16. The number of rotatable bonds is 2. The quantitative estimate of drug-likeness (QED) is 0.788. The van der Waals surface area contributed by atoms with Gasteiger partial charge >= 0.3 is 0 Å². The minimum absolute atomic E-state index is 0.183. The summed E-state index contributed by atoms with van der Waals surface area (Å²) in [5, 5.41) is 19.3. The Labute approximate surface area is 99.9 Å². The maximum atomic E-state index is 9.14. The van der Waals surface area contributed by atoms with Gasteiger partial charge in [-0.1, -0.05) is 0 Å². The van der Waals surface area contributed by atoms with Crippen LogP contribution >= 0.6 is 11.3 Å². The van der Waals surface area contributed by atoms with Gasteiger partial charge in [0, 0.05) is 6.54 Å². The van der Waals surface area contributed by atoms with Crippen LogP contribution in [0.1, 0.15) is 29.8 Å². The molecular weight excluding hydrogens is 220 g/mol. The zero-order chi connectivity index (χ0) is 11.6. The van der Waals surface area contributed by atoms with Crippen LogP contribution in [0.3, 0.4) is 0 Å². The van der Waals surface area contributed by atoms with Crippen LogP contribution in [0.5, 0.6) is 0 Å². The lowest BCUT2D eigenvalue weighted by molar-refractivity contribution is 0.136. The summed E-state index contributed by atoms with van der Waals surface area (Å²) in [7, 11) is 0. The van der Waals surface area contributed by atoms with Gasteiger partial charge in [-0.05, 0) is 33.2 Å². The van der Waals surface area contributed by atoms with E-state index in [1.54, 1.807) is 11.3 Å². The Kier molecular flexibility index (Phi) is 3.22. The molecule has 86 valence electrons. The molecular formula is C11H16N4S. The molecule has 0 spiro atoms. The van der Waals surface area contributed by atoms with Crippen molar-refractivity contribution >= 4 is 11.3 Å². The van der Waals surface area contributed by atoms with Crippen molar-refractivity contribution in [3.8, 4) is 6.07 Å². The maximum Gasteiger partial charge on any atom is 0.131 e. The van der Waals surface area contributed by atoms with E-state index >= 15 is 0 Å². The van der Waals surface area contributed by atoms with Crippen LogP contribution in [-0.4, -0.2) is 28.2 Å². The van der Waals surface area contributed by atoms with Gasteiger partial charge in [-0.3, -0.25) is 4.90 Å². The zero-order valence-corrected chi connectivity index (χ0v) is 10.5. The highest BCUT2D eigenvalue weighted by molar-refractivity contribution is 7.11. The Morgan fingerprint density at radius 2 is 2.38 bits per heavy atom. The Balaban J connectivity index is 1.98. The van der Waals surface area contributed by atoms with Gasteiger partial charge in [0.25, 0.3) is 0 Å². The van der Waals surface area contributed by atoms with E-state index in [1.807, 2.05) is 13.8 Å². The normalized spacial score (nSPS) is 26.6. The summed E-state index contributed by atoms with van der Waals surface area (Å²) in [6.07, 6.45) is 2.11. The lowest BCUT2D eigenvalue weighted by Gasteiger charge is -2.35. The smallest absolute Gasteiger partial charge is 0.131 e. The highest BCUT2D eigenvalue weighted by atomic mass is 32.1. The van der Waals surface area contributed by atoms with Gasteiger partial charge in [0.15, 0.2) is 0 Å². The second kappa shape index (κ2) is 4.48. The van der Waals surface area contributed by atoms with Crippen molar-refractivity contribution < 1.29 is 0 Å². The van der Waals surface area contributed by atoms with Crippen LogP contribution < -0.4 is 0 Å². The summed E-state index contributed by atoms with van der Waals surface area (Å²) in [4.78, 5) is 2.31. The first-order valence-corrected chi connectivity index (χ1v) is 6.35. The van der Waals surface area contributed by atoms with Crippen molar-refractivity contribution in [1.29, 1.82) is 5.26 Å². The summed E-state index contributed by atoms with van der Waals surface area (Å²) >= 11 is 1.64. The minimum Gasteiger partial charge on any atom is -0.295 e. The van der Waals surface area contributed by atoms with Gasteiger partial charge in [-0.25, -0.2) is 0 Å². The van der Waals surface area contributed by atoms with Crippen LogP contribution in [0.2, 0.25) is 0 Å². The van der Waals surface area contributed by atoms with Gasteiger partial charge in [0.05, 0.1) is 18.0 Å². The second-order valence-corrected chi connectivity index (χ2v) is 5.97. The van der Waals surface area contributed by atoms with Gasteiger partial charge in [-0.15, -0.1) is 21.5 Å². The SMILES string of the molecule is Cc1nnc(CN2CCCC(C)(C#N)C2)s1. The van der Waals surface area contributed by atoms with Crippen LogP contribution in [0, 0.1) is 23.7 Å². The van der Waals surface area contributed by atoms with Crippen molar-refractivity contribution in [1.82, 2.24) is 15.1 Å². The van der Waals surface area contributed by atoms with Gasteiger partial charge in [0.1, 0.15) is 10.0 Å². The molecule has 4 nitrogen and oxygen atoms in total. The lowest BCUT2D eigenvalue weighted by Crippen LogP contribution is -2.40. The lowest BCUT2D eigenvalue weighted by atomic mass is 9.83. The summed E-state index contributed by atoms with van der Waals surface area (Å²) in [6, 6.07) is 2.43. The minimum atomic E-state index is -0.183. The average molecular weight is 236 g/mol. The van der Waals surface area contributed by atoms with Gasteiger partial charge < -0.3 is 0 Å². The molecule has 0 aliphatic carbocycles.